The van der Waals surface area contributed by atoms with Crippen molar-refractivity contribution in [2.45, 2.75) is 25.3 Å². The molecule has 0 spiro atoms. The summed E-state index contributed by atoms with van der Waals surface area (Å²) in [4.78, 5) is 0. The van der Waals surface area contributed by atoms with Crippen molar-refractivity contribution in [3.05, 3.63) is 0 Å². The molecular weight excluding hydrogens is 213 g/mol. The van der Waals surface area contributed by atoms with Crippen molar-refractivity contribution >= 4 is 19.7 Å². The van der Waals surface area contributed by atoms with Gasteiger partial charge in [0.15, 0.2) is 5.75 Å². The maximum absolute atomic E-state index is 11.6. The van der Waals surface area contributed by atoms with E-state index in [-0.39, 0.29) is 5.25 Å². The Morgan fingerprint density at radius 3 is 2.00 bits per heavy atom. The summed E-state index contributed by atoms with van der Waals surface area (Å²) in [6.07, 6.45) is -4.64. The minimum Gasteiger partial charge on any atom is -0.217 e. The predicted octanol–water partition coefficient (Wildman–Crippen LogP) is 2.02. The van der Waals surface area contributed by atoms with Crippen LogP contribution in [0.3, 0.4) is 0 Å². The fraction of sp³-hybridized carbons (Fsp3) is 1.00. The highest BCUT2D eigenvalue weighted by atomic mass is 33.1. The molecule has 0 heterocycles. The molecule has 0 aromatic carbocycles. The second kappa shape index (κ2) is 3.87. The molecule has 0 aromatic rings. The molecule has 2 nitrogen and oxygen atoms in total. The summed E-state index contributed by atoms with van der Waals surface area (Å²) in [6.45, 7) is 3.05. The highest BCUT2D eigenvalue weighted by molar-refractivity contribution is 8.72. The summed E-state index contributed by atoms with van der Waals surface area (Å²) in [6, 6.07) is 0. The molecule has 0 aliphatic heterocycles. The van der Waals surface area contributed by atoms with Crippen molar-refractivity contribution in [1.82, 2.24) is 0 Å². The maximum atomic E-state index is 11.6. The smallest absolute Gasteiger partial charge is 0.217 e. The quantitative estimate of drug-likeness (QED) is 0.685. The van der Waals surface area contributed by atoms with E-state index in [0.29, 0.717) is 10.8 Å². The van der Waals surface area contributed by atoms with Crippen LogP contribution in [0, 0.1) is 0 Å². The first kappa shape index (κ1) is 12.1. The molecule has 0 aliphatic rings. The first-order valence-electron chi connectivity index (χ1n) is 3.10. The van der Waals surface area contributed by atoms with Gasteiger partial charge in [0.05, 0.1) is 0 Å². The highest BCUT2D eigenvalue weighted by Crippen LogP contribution is 2.26. The molecule has 12 heavy (non-hydrogen) atoms. The van der Waals surface area contributed by atoms with Crippen molar-refractivity contribution in [2.75, 3.05) is 5.75 Å². The van der Waals surface area contributed by atoms with Crippen molar-refractivity contribution in [2.24, 2.45) is 0 Å². The van der Waals surface area contributed by atoms with Crippen molar-refractivity contribution in [3.63, 3.8) is 0 Å². The number of halogens is 3. The van der Waals surface area contributed by atoms with Crippen LogP contribution in [0.4, 0.5) is 13.2 Å². The average Bonchev–Trinajstić information content (AvgIpc) is 1.48. The van der Waals surface area contributed by atoms with Crippen LogP contribution in [-0.4, -0.2) is 25.6 Å². The maximum Gasteiger partial charge on any atom is 0.403 e. The van der Waals surface area contributed by atoms with Crippen LogP contribution >= 0.6 is 10.8 Å². The van der Waals surface area contributed by atoms with Gasteiger partial charge in [0, 0.05) is 5.25 Å². The zero-order valence-corrected chi connectivity index (χ0v) is 8.18. The molecule has 0 rings (SSSR count). The van der Waals surface area contributed by atoms with Gasteiger partial charge in [-0.05, 0) is 10.8 Å². The summed E-state index contributed by atoms with van der Waals surface area (Å²) in [7, 11) is -3.71. The molecule has 7 heteroatoms. The van der Waals surface area contributed by atoms with Crippen molar-refractivity contribution < 1.29 is 21.6 Å². The van der Waals surface area contributed by atoms with Gasteiger partial charge in [-0.1, -0.05) is 13.8 Å². The Morgan fingerprint density at radius 2 is 1.75 bits per heavy atom. The number of rotatable bonds is 3. The first-order chi connectivity index (χ1) is 5.12. The Labute approximate surface area is 72.8 Å². The van der Waals surface area contributed by atoms with Crippen molar-refractivity contribution in [1.29, 1.82) is 0 Å². The van der Waals surface area contributed by atoms with Crippen LogP contribution in [0.5, 0.6) is 0 Å². The van der Waals surface area contributed by atoms with E-state index in [4.69, 9.17) is 0 Å². The van der Waals surface area contributed by atoms with Gasteiger partial charge >= 0.3 is 6.18 Å². The van der Waals surface area contributed by atoms with Crippen LogP contribution in [0.1, 0.15) is 13.8 Å². The van der Waals surface area contributed by atoms with Crippen LogP contribution in [-0.2, 0) is 8.87 Å². The molecule has 0 saturated carbocycles. The first-order valence-corrected chi connectivity index (χ1v) is 6.15. The molecule has 0 bridgehead atoms. The SMILES string of the molecule is CC(C)SS(=O)(=O)CC(F)(F)F. The van der Waals surface area contributed by atoms with Crippen LogP contribution < -0.4 is 0 Å². The lowest BCUT2D eigenvalue weighted by Crippen LogP contribution is -2.21. The van der Waals surface area contributed by atoms with E-state index in [2.05, 4.69) is 0 Å². The monoisotopic (exact) mass is 222 g/mol. The molecular formula is C5H9F3O2S2. The summed E-state index contributed by atoms with van der Waals surface area (Å²) in [5.74, 6) is -1.75. The largest absolute Gasteiger partial charge is 0.403 e. The predicted molar refractivity (Wildman–Crippen MR) is 42.6 cm³/mol. The van der Waals surface area contributed by atoms with Crippen LogP contribution in [0.15, 0.2) is 0 Å². The number of hydrogen-bond donors (Lipinski definition) is 0. The Balaban J connectivity index is 4.26. The van der Waals surface area contributed by atoms with Crippen LogP contribution in [0.25, 0.3) is 0 Å². The summed E-state index contributed by atoms with van der Waals surface area (Å²) >= 11 is 0. The second-order valence-electron chi connectivity index (χ2n) is 2.46. The Hall–Kier alpha value is 0.0900. The topological polar surface area (TPSA) is 34.1 Å². The molecule has 0 atom stereocenters. The lowest BCUT2D eigenvalue weighted by Gasteiger charge is -2.08. The van der Waals surface area contributed by atoms with Gasteiger partial charge in [0.25, 0.3) is 0 Å². The molecule has 0 unspecified atom stereocenters. The third kappa shape index (κ3) is 6.78. The van der Waals surface area contributed by atoms with Gasteiger partial charge in [-0.3, -0.25) is 0 Å². The van der Waals surface area contributed by atoms with Gasteiger partial charge in [0.2, 0.25) is 8.87 Å². The normalized spacial score (nSPS) is 13.8. The molecule has 74 valence electrons. The highest BCUT2D eigenvalue weighted by Gasteiger charge is 2.35. The molecule has 0 fully saturated rings. The number of alkyl halides is 3. The summed E-state index contributed by atoms with van der Waals surface area (Å²) in [5, 5.41) is -0.350. The van der Waals surface area contributed by atoms with E-state index in [0.717, 1.165) is 0 Å². The lowest BCUT2D eigenvalue weighted by atomic mass is 10.6. The van der Waals surface area contributed by atoms with E-state index in [1.54, 1.807) is 0 Å². The zero-order valence-electron chi connectivity index (χ0n) is 6.55. The average molecular weight is 222 g/mol. The number of hydrogen-bond acceptors (Lipinski definition) is 3. The van der Waals surface area contributed by atoms with E-state index in [1.807, 2.05) is 0 Å². The molecule has 0 radical (unpaired) electrons. The molecule has 0 saturated heterocycles. The van der Waals surface area contributed by atoms with E-state index < -0.39 is 20.8 Å². The van der Waals surface area contributed by atoms with Gasteiger partial charge in [-0.2, -0.15) is 13.2 Å². The van der Waals surface area contributed by atoms with Crippen molar-refractivity contribution in [3.8, 4) is 0 Å². The minimum atomic E-state index is -4.64. The van der Waals surface area contributed by atoms with E-state index in [9.17, 15) is 21.6 Å². The fourth-order valence-corrected chi connectivity index (χ4v) is 3.95. The minimum absolute atomic E-state index is 0.336. The molecule has 0 aromatic heterocycles. The van der Waals surface area contributed by atoms with E-state index >= 15 is 0 Å². The van der Waals surface area contributed by atoms with Gasteiger partial charge in [-0.15, -0.1) is 0 Å². The van der Waals surface area contributed by atoms with E-state index in [1.165, 1.54) is 13.8 Å². The summed E-state index contributed by atoms with van der Waals surface area (Å²) < 4.78 is 56.2. The third-order valence-corrected chi connectivity index (χ3v) is 4.43. The molecule has 0 N–H and O–H groups in total. The van der Waals surface area contributed by atoms with Gasteiger partial charge in [-0.25, -0.2) is 8.42 Å². The van der Waals surface area contributed by atoms with Gasteiger partial charge < -0.3 is 0 Å². The lowest BCUT2D eigenvalue weighted by molar-refractivity contribution is -0.106. The fourth-order valence-electron chi connectivity index (χ4n) is 0.528. The van der Waals surface area contributed by atoms with Crippen LogP contribution in [0.2, 0.25) is 0 Å². The Kier molecular flexibility index (Phi) is 3.89. The Bertz CT molecular complexity index is 230. The third-order valence-electron chi connectivity index (χ3n) is 0.679. The standard InChI is InChI=1S/C5H9F3O2S2/c1-4(2)11-12(9,10)3-5(6,7)8/h4H,3H2,1-2H3. The molecule has 0 amide bonds. The Morgan fingerprint density at radius 1 is 1.33 bits per heavy atom. The van der Waals surface area contributed by atoms with Gasteiger partial charge in [0.1, 0.15) is 0 Å². The summed E-state index contributed by atoms with van der Waals surface area (Å²) in [5.41, 5.74) is 0. The zero-order chi connectivity index (χ0) is 9.99. The molecule has 0 aliphatic carbocycles. The second-order valence-corrected chi connectivity index (χ2v) is 7.10.